The molecule has 1 aliphatic rings. The maximum absolute atomic E-state index is 12.0. The SMILES string of the molecule is CNS(=O)(=O)C1CCOCC1Cc1cccc(Cl)c1. The Balaban J connectivity index is 2.17. The van der Waals surface area contributed by atoms with Gasteiger partial charge < -0.3 is 4.74 Å². The van der Waals surface area contributed by atoms with Gasteiger partial charge in [-0.05, 0) is 37.6 Å². The summed E-state index contributed by atoms with van der Waals surface area (Å²) in [4.78, 5) is 0. The van der Waals surface area contributed by atoms with E-state index in [4.69, 9.17) is 16.3 Å². The molecule has 1 fully saturated rings. The number of ether oxygens (including phenoxy) is 1. The molecule has 106 valence electrons. The summed E-state index contributed by atoms with van der Waals surface area (Å²) in [7, 11) is -1.80. The first-order chi connectivity index (χ1) is 9.03. The summed E-state index contributed by atoms with van der Waals surface area (Å²) in [6, 6.07) is 7.52. The van der Waals surface area contributed by atoms with Crippen LogP contribution in [0.1, 0.15) is 12.0 Å². The second kappa shape index (κ2) is 6.22. The number of hydrogen-bond donors (Lipinski definition) is 1. The minimum absolute atomic E-state index is 0.0373. The molecule has 0 bridgehead atoms. The van der Waals surface area contributed by atoms with Gasteiger partial charge in [-0.25, -0.2) is 13.1 Å². The van der Waals surface area contributed by atoms with Crippen molar-refractivity contribution in [2.45, 2.75) is 18.1 Å². The highest BCUT2D eigenvalue weighted by Crippen LogP contribution is 2.25. The molecule has 1 aliphatic heterocycles. The second-order valence-corrected chi connectivity index (χ2v) is 7.29. The molecule has 1 aromatic rings. The molecular formula is C13H18ClNO3S. The fraction of sp³-hybridized carbons (Fsp3) is 0.538. The maximum Gasteiger partial charge on any atom is 0.214 e. The molecule has 0 amide bonds. The van der Waals surface area contributed by atoms with Gasteiger partial charge in [0, 0.05) is 17.5 Å². The lowest BCUT2D eigenvalue weighted by atomic mass is 9.94. The van der Waals surface area contributed by atoms with E-state index in [2.05, 4.69) is 4.72 Å². The van der Waals surface area contributed by atoms with Gasteiger partial charge >= 0.3 is 0 Å². The zero-order valence-corrected chi connectivity index (χ0v) is 12.4. The second-order valence-electron chi connectivity index (χ2n) is 4.75. The molecule has 0 spiro atoms. The lowest BCUT2D eigenvalue weighted by Crippen LogP contribution is -2.43. The van der Waals surface area contributed by atoms with E-state index in [9.17, 15) is 8.42 Å². The molecular weight excluding hydrogens is 286 g/mol. The van der Waals surface area contributed by atoms with Gasteiger partial charge in [0.25, 0.3) is 0 Å². The van der Waals surface area contributed by atoms with Gasteiger partial charge in [-0.2, -0.15) is 0 Å². The predicted octanol–water partition coefficient (Wildman–Crippen LogP) is 1.84. The molecule has 2 atom stereocenters. The molecule has 19 heavy (non-hydrogen) atoms. The van der Waals surface area contributed by atoms with Crippen LogP contribution < -0.4 is 4.72 Å². The Bertz CT molecular complexity index is 532. The third kappa shape index (κ3) is 3.69. The van der Waals surface area contributed by atoms with Crippen molar-refractivity contribution < 1.29 is 13.2 Å². The molecule has 1 heterocycles. The molecule has 0 aliphatic carbocycles. The summed E-state index contributed by atoms with van der Waals surface area (Å²) < 4.78 is 31.9. The van der Waals surface area contributed by atoms with Crippen molar-refractivity contribution >= 4 is 21.6 Å². The van der Waals surface area contributed by atoms with Gasteiger partial charge in [-0.15, -0.1) is 0 Å². The monoisotopic (exact) mass is 303 g/mol. The van der Waals surface area contributed by atoms with E-state index in [1.807, 2.05) is 24.3 Å². The number of sulfonamides is 1. The summed E-state index contributed by atoms with van der Waals surface area (Å²) >= 11 is 5.95. The topological polar surface area (TPSA) is 55.4 Å². The smallest absolute Gasteiger partial charge is 0.214 e. The molecule has 2 unspecified atom stereocenters. The van der Waals surface area contributed by atoms with Crippen LogP contribution in [0.5, 0.6) is 0 Å². The standard InChI is InChI=1S/C13H18ClNO3S/c1-15-19(16,17)13-5-6-18-9-11(13)7-10-3-2-4-12(14)8-10/h2-4,8,11,13,15H,5-7,9H2,1H3. The van der Waals surface area contributed by atoms with Crippen LogP contribution in [0.4, 0.5) is 0 Å². The van der Waals surface area contributed by atoms with Crippen molar-refractivity contribution in [3.8, 4) is 0 Å². The first kappa shape index (κ1) is 14.8. The van der Waals surface area contributed by atoms with E-state index >= 15 is 0 Å². The molecule has 1 N–H and O–H groups in total. The van der Waals surface area contributed by atoms with E-state index in [1.165, 1.54) is 7.05 Å². The summed E-state index contributed by atoms with van der Waals surface area (Å²) in [5.41, 5.74) is 1.04. The zero-order valence-electron chi connectivity index (χ0n) is 10.8. The van der Waals surface area contributed by atoms with E-state index in [0.29, 0.717) is 31.1 Å². The van der Waals surface area contributed by atoms with E-state index in [1.54, 1.807) is 0 Å². The van der Waals surface area contributed by atoms with Crippen molar-refractivity contribution in [2.24, 2.45) is 5.92 Å². The largest absolute Gasteiger partial charge is 0.381 e. The lowest BCUT2D eigenvalue weighted by Gasteiger charge is -2.31. The first-order valence-electron chi connectivity index (χ1n) is 6.27. The summed E-state index contributed by atoms with van der Waals surface area (Å²) in [6.07, 6.45) is 1.19. The van der Waals surface area contributed by atoms with Gasteiger partial charge in [-0.1, -0.05) is 23.7 Å². The minimum atomic E-state index is -3.26. The molecule has 0 aromatic heterocycles. The van der Waals surface area contributed by atoms with E-state index in [0.717, 1.165) is 5.56 Å². The average Bonchev–Trinajstić information content (AvgIpc) is 2.39. The third-order valence-electron chi connectivity index (χ3n) is 3.47. The molecule has 2 rings (SSSR count). The Morgan fingerprint density at radius 1 is 1.47 bits per heavy atom. The Morgan fingerprint density at radius 2 is 2.26 bits per heavy atom. The molecule has 1 saturated heterocycles. The summed E-state index contributed by atoms with van der Waals surface area (Å²) in [5.74, 6) is -0.0373. The van der Waals surface area contributed by atoms with Gasteiger partial charge in [0.2, 0.25) is 10.0 Å². The average molecular weight is 304 g/mol. The quantitative estimate of drug-likeness (QED) is 0.923. The van der Waals surface area contributed by atoms with Crippen molar-refractivity contribution in [1.29, 1.82) is 0 Å². The van der Waals surface area contributed by atoms with E-state index in [-0.39, 0.29) is 5.92 Å². The molecule has 0 saturated carbocycles. The Kier molecular flexibility index (Phi) is 4.84. The third-order valence-corrected chi connectivity index (χ3v) is 5.70. The zero-order chi connectivity index (χ0) is 13.9. The van der Waals surface area contributed by atoms with Crippen LogP contribution in [0.2, 0.25) is 5.02 Å². The van der Waals surface area contributed by atoms with Crippen LogP contribution in [-0.4, -0.2) is 33.9 Å². The van der Waals surface area contributed by atoms with Gasteiger partial charge in [0.1, 0.15) is 0 Å². The Morgan fingerprint density at radius 3 is 2.95 bits per heavy atom. The van der Waals surface area contributed by atoms with Crippen molar-refractivity contribution in [2.75, 3.05) is 20.3 Å². The molecule has 1 aromatic carbocycles. The van der Waals surface area contributed by atoms with Crippen LogP contribution >= 0.6 is 11.6 Å². The van der Waals surface area contributed by atoms with Crippen LogP contribution in [0.25, 0.3) is 0 Å². The first-order valence-corrected chi connectivity index (χ1v) is 8.20. The fourth-order valence-corrected chi connectivity index (χ4v) is 4.10. The number of rotatable bonds is 4. The highest BCUT2D eigenvalue weighted by molar-refractivity contribution is 7.90. The summed E-state index contributed by atoms with van der Waals surface area (Å²) in [6.45, 7) is 0.968. The molecule has 0 radical (unpaired) electrons. The number of halogens is 1. The summed E-state index contributed by atoms with van der Waals surface area (Å²) in [5, 5.41) is 0.271. The van der Waals surface area contributed by atoms with Gasteiger partial charge in [0.05, 0.1) is 11.9 Å². The number of nitrogens with one attached hydrogen (secondary N) is 1. The van der Waals surface area contributed by atoms with Crippen LogP contribution in [0.3, 0.4) is 0 Å². The fourth-order valence-electron chi connectivity index (χ4n) is 2.49. The minimum Gasteiger partial charge on any atom is -0.381 e. The van der Waals surface area contributed by atoms with Crippen LogP contribution in [0, 0.1) is 5.92 Å². The molecule has 4 nitrogen and oxygen atoms in total. The van der Waals surface area contributed by atoms with Crippen molar-refractivity contribution in [3.63, 3.8) is 0 Å². The predicted molar refractivity (Wildman–Crippen MR) is 75.8 cm³/mol. The maximum atomic E-state index is 12.0. The molecule has 6 heteroatoms. The number of hydrogen-bond acceptors (Lipinski definition) is 3. The Labute approximate surface area is 119 Å². The van der Waals surface area contributed by atoms with Crippen molar-refractivity contribution in [3.05, 3.63) is 34.9 Å². The van der Waals surface area contributed by atoms with E-state index < -0.39 is 15.3 Å². The van der Waals surface area contributed by atoms with Gasteiger partial charge in [-0.3, -0.25) is 0 Å². The highest BCUT2D eigenvalue weighted by atomic mass is 35.5. The highest BCUT2D eigenvalue weighted by Gasteiger charge is 2.35. The Hall–Kier alpha value is -0.620. The van der Waals surface area contributed by atoms with Crippen molar-refractivity contribution in [1.82, 2.24) is 4.72 Å². The van der Waals surface area contributed by atoms with Gasteiger partial charge in [0.15, 0.2) is 0 Å². The number of benzene rings is 1. The van der Waals surface area contributed by atoms with Crippen LogP contribution in [-0.2, 0) is 21.2 Å². The van der Waals surface area contributed by atoms with Crippen LogP contribution in [0.15, 0.2) is 24.3 Å². The lowest BCUT2D eigenvalue weighted by molar-refractivity contribution is 0.0570. The normalized spacial score (nSPS) is 24.3.